The van der Waals surface area contributed by atoms with Crippen LogP contribution in [0.5, 0.6) is 0 Å². The van der Waals surface area contributed by atoms with Crippen molar-refractivity contribution in [2.45, 2.75) is 56.3 Å². The molecule has 1 amide bonds. The molecule has 0 spiro atoms. The van der Waals surface area contributed by atoms with Gasteiger partial charge in [0, 0.05) is 26.2 Å². The molecule has 1 unspecified atom stereocenters. The SMILES string of the molecule is O=C(Cc1ccc(Cl)c(Cl)c1)N1CCN(CC2CCCO2)[C@@H]2COC[C@H](N3CCCC3)[C@H]21. The molecule has 4 heterocycles. The van der Waals surface area contributed by atoms with Crippen LogP contribution in [0, 0.1) is 0 Å². The van der Waals surface area contributed by atoms with E-state index in [1.165, 1.54) is 12.8 Å². The van der Waals surface area contributed by atoms with Crippen molar-refractivity contribution in [1.29, 1.82) is 0 Å². The van der Waals surface area contributed by atoms with Crippen LogP contribution in [0.25, 0.3) is 0 Å². The summed E-state index contributed by atoms with van der Waals surface area (Å²) < 4.78 is 12.1. The normalized spacial score (nSPS) is 31.8. The van der Waals surface area contributed by atoms with Gasteiger partial charge in [0.1, 0.15) is 0 Å². The molecule has 4 atom stereocenters. The number of hydrogen-bond donors (Lipinski definition) is 0. The van der Waals surface area contributed by atoms with Crippen LogP contribution < -0.4 is 0 Å². The molecule has 0 N–H and O–H groups in total. The Kier molecular flexibility index (Phi) is 7.27. The number of nitrogens with zero attached hydrogens (tertiary/aromatic N) is 3. The largest absolute Gasteiger partial charge is 0.378 e. The Labute approximate surface area is 200 Å². The molecule has 176 valence electrons. The van der Waals surface area contributed by atoms with E-state index in [0.29, 0.717) is 35.8 Å². The first-order chi connectivity index (χ1) is 15.6. The molecule has 0 saturated carbocycles. The first kappa shape index (κ1) is 22.9. The Bertz CT molecular complexity index is 814. The molecule has 1 aromatic rings. The summed E-state index contributed by atoms with van der Waals surface area (Å²) in [4.78, 5) is 20.8. The third kappa shape index (κ3) is 4.82. The number of amides is 1. The van der Waals surface area contributed by atoms with Crippen LogP contribution >= 0.6 is 23.2 Å². The molecule has 4 aliphatic heterocycles. The number of halogens is 2. The third-order valence-corrected chi connectivity index (χ3v) is 8.29. The van der Waals surface area contributed by atoms with Crippen molar-refractivity contribution < 1.29 is 14.3 Å². The lowest BCUT2D eigenvalue weighted by Crippen LogP contribution is -2.72. The minimum atomic E-state index is 0.146. The third-order valence-electron chi connectivity index (χ3n) is 7.55. The Morgan fingerprint density at radius 3 is 2.56 bits per heavy atom. The quantitative estimate of drug-likeness (QED) is 0.646. The molecule has 32 heavy (non-hydrogen) atoms. The number of piperazine rings is 1. The van der Waals surface area contributed by atoms with E-state index in [9.17, 15) is 4.79 Å². The number of carbonyl (C=O) groups is 1. The Hall–Kier alpha value is -0.890. The van der Waals surface area contributed by atoms with E-state index < -0.39 is 0 Å². The minimum absolute atomic E-state index is 0.146. The molecule has 0 aromatic heterocycles. The van der Waals surface area contributed by atoms with Crippen LogP contribution in [-0.2, 0) is 20.7 Å². The molecule has 0 bridgehead atoms. The number of rotatable bonds is 5. The van der Waals surface area contributed by atoms with Crippen LogP contribution in [0.15, 0.2) is 18.2 Å². The molecular weight excluding hydrogens is 449 g/mol. The summed E-state index contributed by atoms with van der Waals surface area (Å²) in [6.45, 7) is 6.99. The van der Waals surface area contributed by atoms with E-state index in [-0.39, 0.29) is 24.0 Å². The highest BCUT2D eigenvalue weighted by Gasteiger charge is 2.48. The molecule has 5 rings (SSSR count). The molecule has 6 nitrogen and oxygen atoms in total. The van der Waals surface area contributed by atoms with Crippen LogP contribution in [0.1, 0.15) is 31.2 Å². The lowest BCUT2D eigenvalue weighted by molar-refractivity contribution is -0.154. The number of benzene rings is 1. The van der Waals surface area contributed by atoms with Gasteiger partial charge in [0.25, 0.3) is 0 Å². The Morgan fingerprint density at radius 1 is 1.00 bits per heavy atom. The minimum Gasteiger partial charge on any atom is -0.378 e. The summed E-state index contributed by atoms with van der Waals surface area (Å²) in [6, 6.07) is 6.10. The van der Waals surface area contributed by atoms with Gasteiger partial charge in [0.2, 0.25) is 5.91 Å². The number of hydrogen-bond acceptors (Lipinski definition) is 5. The number of carbonyl (C=O) groups excluding carboxylic acids is 1. The van der Waals surface area contributed by atoms with Gasteiger partial charge in [-0.25, -0.2) is 0 Å². The summed E-state index contributed by atoms with van der Waals surface area (Å²) in [5, 5.41) is 1.02. The Morgan fingerprint density at radius 2 is 1.81 bits per heavy atom. The first-order valence-corrected chi connectivity index (χ1v) is 12.8. The Balaban J connectivity index is 1.36. The highest BCUT2D eigenvalue weighted by Crippen LogP contribution is 2.31. The molecule has 4 aliphatic rings. The van der Waals surface area contributed by atoms with Crippen molar-refractivity contribution in [3.63, 3.8) is 0 Å². The van der Waals surface area contributed by atoms with Gasteiger partial charge in [-0.15, -0.1) is 0 Å². The van der Waals surface area contributed by atoms with Crippen molar-refractivity contribution in [2.75, 3.05) is 52.5 Å². The number of likely N-dealkylation sites (tertiary alicyclic amines) is 1. The fourth-order valence-electron chi connectivity index (χ4n) is 5.94. The summed E-state index contributed by atoms with van der Waals surface area (Å²) in [5.74, 6) is 0.168. The van der Waals surface area contributed by atoms with Crippen molar-refractivity contribution in [3.8, 4) is 0 Å². The van der Waals surface area contributed by atoms with Gasteiger partial charge in [0.15, 0.2) is 0 Å². The smallest absolute Gasteiger partial charge is 0.227 e. The van der Waals surface area contributed by atoms with E-state index in [1.54, 1.807) is 6.07 Å². The molecule has 8 heteroatoms. The maximum absolute atomic E-state index is 13.6. The fraction of sp³-hybridized carbons (Fsp3) is 0.708. The molecule has 0 aliphatic carbocycles. The van der Waals surface area contributed by atoms with Crippen molar-refractivity contribution in [2.24, 2.45) is 0 Å². The maximum atomic E-state index is 13.6. The second-order valence-corrected chi connectivity index (χ2v) is 10.4. The van der Waals surface area contributed by atoms with Gasteiger partial charge in [-0.3, -0.25) is 14.6 Å². The van der Waals surface area contributed by atoms with Crippen LogP contribution in [-0.4, -0.2) is 97.4 Å². The summed E-state index contributed by atoms with van der Waals surface area (Å²) in [5.41, 5.74) is 0.910. The summed E-state index contributed by atoms with van der Waals surface area (Å²) in [7, 11) is 0. The summed E-state index contributed by atoms with van der Waals surface area (Å²) >= 11 is 12.3. The predicted molar refractivity (Wildman–Crippen MR) is 125 cm³/mol. The molecule has 1 aromatic carbocycles. The second-order valence-electron chi connectivity index (χ2n) is 9.55. The highest BCUT2D eigenvalue weighted by molar-refractivity contribution is 6.42. The predicted octanol–water partition coefficient (Wildman–Crippen LogP) is 3.09. The zero-order chi connectivity index (χ0) is 22.1. The zero-order valence-corrected chi connectivity index (χ0v) is 20.1. The van der Waals surface area contributed by atoms with Crippen molar-refractivity contribution in [1.82, 2.24) is 14.7 Å². The van der Waals surface area contributed by atoms with Gasteiger partial charge in [0.05, 0.1) is 53.9 Å². The van der Waals surface area contributed by atoms with Crippen LogP contribution in [0.4, 0.5) is 0 Å². The molecule has 4 fully saturated rings. The van der Waals surface area contributed by atoms with Gasteiger partial charge < -0.3 is 14.4 Å². The average Bonchev–Trinajstić information content (AvgIpc) is 3.50. The first-order valence-electron chi connectivity index (χ1n) is 12.0. The van der Waals surface area contributed by atoms with Gasteiger partial charge in [-0.1, -0.05) is 29.3 Å². The molecule has 0 radical (unpaired) electrons. The second kappa shape index (κ2) is 10.2. The number of ether oxygens (including phenoxy) is 2. The van der Waals surface area contributed by atoms with Gasteiger partial charge in [-0.2, -0.15) is 0 Å². The van der Waals surface area contributed by atoms with E-state index in [0.717, 1.165) is 57.7 Å². The van der Waals surface area contributed by atoms with Crippen molar-refractivity contribution in [3.05, 3.63) is 33.8 Å². The molecule has 4 saturated heterocycles. The summed E-state index contributed by atoms with van der Waals surface area (Å²) in [6.07, 6.45) is 5.38. The van der Waals surface area contributed by atoms with Crippen molar-refractivity contribution >= 4 is 29.1 Å². The van der Waals surface area contributed by atoms with Crippen LogP contribution in [0.3, 0.4) is 0 Å². The monoisotopic (exact) mass is 481 g/mol. The van der Waals surface area contributed by atoms with E-state index in [4.69, 9.17) is 32.7 Å². The average molecular weight is 482 g/mol. The topological polar surface area (TPSA) is 45.3 Å². The highest BCUT2D eigenvalue weighted by atomic mass is 35.5. The lowest BCUT2D eigenvalue weighted by Gasteiger charge is -2.54. The maximum Gasteiger partial charge on any atom is 0.227 e. The molecular formula is C24H33Cl2N3O3. The standard InChI is InChI=1S/C24H33Cl2N3O3/c25-19-6-5-17(12-20(19)26)13-23(30)29-10-9-28(14-18-4-3-11-32-18)22-16-31-15-21(24(22)29)27-7-1-2-8-27/h5-6,12,18,21-22,24H,1-4,7-11,13-16H2/t18?,21-,22+,24+/m0/s1. The fourth-order valence-corrected chi connectivity index (χ4v) is 6.26. The van der Waals surface area contributed by atoms with E-state index >= 15 is 0 Å². The van der Waals surface area contributed by atoms with E-state index in [2.05, 4.69) is 14.7 Å². The van der Waals surface area contributed by atoms with Gasteiger partial charge in [-0.05, 0) is 56.5 Å². The van der Waals surface area contributed by atoms with Crippen LogP contribution in [0.2, 0.25) is 10.0 Å². The number of fused-ring (bicyclic) bond motifs is 1. The van der Waals surface area contributed by atoms with Gasteiger partial charge >= 0.3 is 0 Å². The van der Waals surface area contributed by atoms with E-state index in [1.807, 2.05) is 12.1 Å². The zero-order valence-electron chi connectivity index (χ0n) is 18.6. The lowest BCUT2D eigenvalue weighted by atomic mass is 9.90.